The monoisotopic (exact) mass is 476 g/mol. The first kappa shape index (κ1) is 23.4. The Morgan fingerprint density at radius 3 is 2.23 bits per heavy atom. The Morgan fingerprint density at radius 2 is 1.66 bits per heavy atom. The highest BCUT2D eigenvalue weighted by Gasteiger charge is 2.43. The zero-order valence-corrected chi connectivity index (χ0v) is 20.0. The van der Waals surface area contributed by atoms with Crippen molar-refractivity contribution in [2.24, 2.45) is 11.8 Å². The molecule has 2 aromatic rings. The maximum absolute atomic E-state index is 13.0. The highest BCUT2D eigenvalue weighted by molar-refractivity contribution is 5.80. The van der Waals surface area contributed by atoms with Crippen molar-refractivity contribution in [3.05, 3.63) is 59.7 Å². The van der Waals surface area contributed by atoms with E-state index in [1.807, 2.05) is 31.2 Å². The van der Waals surface area contributed by atoms with Crippen LogP contribution >= 0.6 is 0 Å². The number of benzene rings is 2. The molecule has 7 heteroatoms. The van der Waals surface area contributed by atoms with Crippen molar-refractivity contribution in [2.75, 3.05) is 19.7 Å². The van der Waals surface area contributed by atoms with Crippen LogP contribution in [-0.4, -0.2) is 53.2 Å². The highest BCUT2D eigenvalue weighted by Crippen LogP contribution is 2.44. The maximum atomic E-state index is 13.0. The second kappa shape index (κ2) is 9.36. The van der Waals surface area contributed by atoms with Crippen LogP contribution in [0.3, 0.4) is 0 Å². The van der Waals surface area contributed by atoms with Gasteiger partial charge in [0.05, 0.1) is 18.4 Å². The van der Waals surface area contributed by atoms with Gasteiger partial charge in [-0.1, -0.05) is 55.5 Å². The van der Waals surface area contributed by atoms with Gasteiger partial charge in [0, 0.05) is 19.0 Å². The van der Waals surface area contributed by atoms with Crippen molar-refractivity contribution in [2.45, 2.75) is 50.5 Å². The second-order valence-electron chi connectivity index (χ2n) is 10.4. The second-order valence-corrected chi connectivity index (χ2v) is 10.4. The van der Waals surface area contributed by atoms with Gasteiger partial charge in [-0.15, -0.1) is 0 Å². The molecule has 0 radical (unpaired) electrons. The number of alkyl carbamates (subject to hydrolysis) is 1. The highest BCUT2D eigenvalue weighted by atomic mass is 16.5. The number of carbonyl (C=O) groups is 3. The standard InChI is InChI=1S/C28H32N2O5/c1-18-15-30(16-19(18)13-26(32)33)25(31)14-28(11-6-12-28)29-27(34)35-17-24-22-9-4-2-7-20(22)21-8-3-5-10-23(21)24/h2-5,7-10,18-19,24H,6,11-17H2,1H3,(H,29,34)(H,32,33)/t18-,19-/m1/s1. The third-order valence-electron chi connectivity index (χ3n) is 8.07. The van der Waals surface area contributed by atoms with E-state index in [1.54, 1.807) is 4.90 Å². The number of carboxylic acids is 1. The van der Waals surface area contributed by atoms with Gasteiger partial charge in [-0.2, -0.15) is 0 Å². The van der Waals surface area contributed by atoms with E-state index in [9.17, 15) is 14.4 Å². The van der Waals surface area contributed by atoms with Gasteiger partial charge < -0.3 is 20.1 Å². The van der Waals surface area contributed by atoms with Gasteiger partial charge in [0.25, 0.3) is 0 Å². The van der Waals surface area contributed by atoms with Crippen LogP contribution in [0.15, 0.2) is 48.5 Å². The smallest absolute Gasteiger partial charge is 0.407 e. The van der Waals surface area contributed by atoms with E-state index >= 15 is 0 Å². The molecule has 184 valence electrons. The number of aliphatic carboxylic acids is 1. The van der Waals surface area contributed by atoms with Crippen LogP contribution in [-0.2, 0) is 14.3 Å². The molecule has 0 bridgehead atoms. The zero-order chi connectivity index (χ0) is 24.6. The third-order valence-corrected chi connectivity index (χ3v) is 8.07. The number of nitrogens with zero attached hydrogens (tertiary/aromatic N) is 1. The Bertz CT molecular complexity index is 1100. The third kappa shape index (κ3) is 4.64. The zero-order valence-electron chi connectivity index (χ0n) is 20.0. The summed E-state index contributed by atoms with van der Waals surface area (Å²) in [7, 11) is 0. The van der Waals surface area contributed by atoms with Gasteiger partial charge in [0.15, 0.2) is 0 Å². The summed E-state index contributed by atoms with van der Waals surface area (Å²) in [6.07, 6.45) is 2.25. The maximum Gasteiger partial charge on any atom is 0.407 e. The average molecular weight is 477 g/mol. The lowest BCUT2D eigenvalue weighted by Gasteiger charge is -2.42. The lowest BCUT2D eigenvalue weighted by molar-refractivity contribution is -0.139. The number of carbonyl (C=O) groups excluding carboxylic acids is 2. The molecule has 5 rings (SSSR count). The van der Waals surface area contributed by atoms with Crippen molar-refractivity contribution < 1.29 is 24.2 Å². The molecule has 7 nitrogen and oxygen atoms in total. The van der Waals surface area contributed by atoms with Crippen LogP contribution in [0.4, 0.5) is 4.79 Å². The molecular weight excluding hydrogens is 444 g/mol. The first-order valence-electron chi connectivity index (χ1n) is 12.5. The molecule has 1 aliphatic heterocycles. The van der Waals surface area contributed by atoms with Crippen molar-refractivity contribution in [1.82, 2.24) is 10.2 Å². The van der Waals surface area contributed by atoms with Gasteiger partial charge in [-0.25, -0.2) is 4.79 Å². The molecule has 2 fully saturated rings. The predicted octanol–water partition coefficient (Wildman–Crippen LogP) is 4.41. The molecule has 1 saturated heterocycles. The van der Waals surface area contributed by atoms with Crippen LogP contribution in [0.5, 0.6) is 0 Å². The largest absolute Gasteiger partial charge is 0.481 e. The number of nitrogens with one attached hydrogen (secondary N) is 1. The lowest BCUT2D eigenvalue weighted by atomic mass is 9.74. The number of rotatable bonds is 7. The minimum atomic E-state index is -0.830. The number of carboxylic acid groups (broad SMARTS) is 1. The first-order valence-corrected chi connectivity index (χ1v) is 12.5. The van der Waals surface area contributed by atoms with Crippen LogP contribution in [0, 0.1) is 11.8 Å². The lowest BCUT2D eigenvalue weighted by Crippen LogP contribution is -2.56. The number of likely N-dealkylation sites (tertiary alicyclic amines) is 1. The Morgan fingerprint density at radius 1 is 1.03 bits per heavy atom. The molecule has 2 aromatic carbocycles. The number of hydrogen-bond donors (Lipinski definition) is 2. The summed E-state index contributed by atoms with van der Waals surface area (Å²) in [6.45, 7) is 3.27. The quantitative estimate of drug-likeness (QED) is 0.617. The minimum Gasteiger partial charge on any atom is -0.481 e. The van der Waals surface area contributed by atoms with Gasteiger partial charge in [-0.05, 0) is 53.4 Å². The van der Waals surface area contributed by atoms with E-state index in [2.05, 4.69) is 29.6 Å². The Kier molecular flexibility index (Phi) is 6.26. The predicted molar refractivity (Wildman–Crippen MR) is 131 cm³/mol. The van der Waals surface area contributed by atoms with Crippen LogP contribution < -0.4 is 5.32 Å². The van der Waals surface area contributed by atoms with Crippen LogP contribution in [0.2, 0.25) is 0 Å². The van der Waals surface area contributed by atoms with E-state index in [4.69, 9.17) is 9.84 Å². The Balaban J connectivity index is 1.19. The summed E-state index contributed by atoms with van der Waals surface area (Å²) in [5, 5.41) is 12.1. The number of hydrogen-bond acceptors (Lipinski definition) is 4. The number of ether oxygens (including phenoxy) is 1. The SMILES string of the molecule is C[C@@H]1CN(C(=O)CC2(NC(=O)OCC3c4ccccc4-c4ccccc43)CCC2)C[C@H]1CC(=O)O. The van der Waals surface area contributed by atoms with E-state index in [1.165, 1.54) is 11.1 Å². The fourth-order valence-corrected chi connectivity index (χ4v) is 5.93. The number of amides is 2. The van der Waals surface area contributed by atoms with E-state index < -0.39 is 17.6 Å². The Hall–Kier alpha value is -3.35. The molecule has 1 saturated carbocycles. The first-order chi connectivity index (χ1) is 16.8. The van der Waals surface area contributed by atoms with Gasteiger partial charge in [0.2, 0.25) is 5.91 Å². The van der Waals surface area contributed by atoms with Crippen molar-refractivity contribution in [3.8, 4) is 11.1 Å². The molecule has 0 aromatic heterocycles. The molecule has 2 N–H and O–H groups in total. The molecule has 35 heavy (non-hydrogen) atoms. The normalized spacial score (nSPS) is 22.1. The van der Waals surface area contributed by atoms with Crippen LogP contribution in [0.1, 0.15) is 56.1 Å². The van der Waals surface area contributed by atoms with Crippen molar-refractivity contribution in [3.63, 3.8) is 0 Å². The van der Waals surface area contributed by atoms with Gasteiger partial charge >= 0.3 is 12.1 Å². The molecular formula is C28H32N2O5. The fourth-order valence-electron chi connectivity index (χ4n) is 5.93. The van der Waals surface area contributed by atoms with Crippen molar-refractivity contribution in [1.29, 1.82) is 0 Å². The van der Waals surface area contributed by atoms with Gasteiger partial charge in [0.1, 0.15) is 6.61 Å². The summed E-state index contributed by atoms with van der Waals surface area (Å²) in [4.78, 5) is 38.7. The van der Waals surface area contributed by atoms with Gasteiger partial charge in [-0.3, -0.25) is 9.59 Å². The number of fused-ring (bicyclic) bond motifs is 3. The minimum absolute atomic E-state index is 0.00983. The van der Waals surface area contributed by atoms with Crippen LogP contribution in [0.25, 0.3) is 11.1 Å². The van der Waals surface area contributed by atoms with E-state index in [0.717, 1.165) is 30.4 Å². The average Bonchev–Trinajstić information content (AvgIpc) is 3.33. The fraction of sp³-hybridized carbons (Fsp3) is 0.464. The van der Waals surface area contributed by atoms with Crippen molar-refractivity contribution >= 4 is 18.0 Å². The van der Waals surface area contributed by atoms with E-state index in [0.29, 0.717) is 13.1 Å². The summed E-state index contributed by atoms with van der Waals surface area (Å²) in [5.41, 5.74) is 4.11. The summed E-state index contributed by atoms with van der Waals surface area (Å²) >= 11 is 0. The summed E-state index contributed by atoms with van der Waals surface area (Å²) < 4.78 is 5.72. The molecule has 0 unspecified atom stereocenters. The molecule has 1 heterocycles. The molecule has 3 aliphatic rings. The Labute approximate surface area is 205 Å². The van der Waals surface area contributed by atoms with E-state index in [-0.39, 0.29) is 43.1 Å². The molecule has 2 atom stereocenters. The summed E-state index contributed by atoms with van der Waals surface area (Å²) in [6, 6.07) is 16.4. The molecule has 2 aliphatic carbocycles. The summed E-state index contributed by atoms with van der Waals surface area (Å²) in [5.74, 6) is -0.734. The topological polar surface area (TPSA) is 95.9 Å². The molecule has 2 amide bonds. The molecule has 0 spiro atoms.